The Kier molecular flexibility index (Phi) is 3.59. The van der Waals surface area contributed by atoms with Crippen molar-refractivity contribution in [3.8, 4) is 0 Å². The molecular formula is C16H16N4O2S. The largest absolute Gasteiger partial charge is 0.371 e. The number of ether oxygens (including phenoxy) is 1. The normalized spacial score (nSPS) is 17.7. The van der Waals surface area contributed by atoms with Crippen LogP contribution in [0.3, 0.4) is 0 Å². The van der Waals surface area contributed by atoms with Gasteiger partial charge >= 0.3 is 0 Å². The smallest absolute Gasteiger partial charge is 0.257 e. The third-order valence-electron chi connectivity index (χ3n) is 4.02. The highest BCUT2D eigenvalue weighted by atomic mass is 32.1. The van der Waals surface area contributed by atoms with Crippen LogP contribution in [0, 0.1) is 0 Å². The number of rotatable bonds is 3. The van der Waals surface area contributed by atoms with Crippen molar-refractivity contribution in [2.45, 2.75) is 18.9 Å². The molecule has 23 heavy (non-hydrogen) atoms. The molecule has 1 fully saturated rings. The van der Waals surface area contributed by atoms with E-state index in [0.717, 1.165) is 35.4 Å². The molecule has 4 rings (SSSR count). The van der Waals surface area contributed by atoms with Crippen LogP contribution in [0.5, 0.6) is 0 Å². The van der Waals surface area contributed by atoms with Crippen LogP contribution in [0.15, 0.2) is 30.5 Å². The van der Waals surface area contributed by atoms with Gasteiger partial charge < -0.3 is 9.30 Å². The number of carbonyl (C=O) groups is 1. The summed E-state index contributed by atoms with van der Waals surface area (Å²) in [5.74, 6) is -0.178. The first-order chi connectivity index (χ1) is 11.2. The number of carbonyl (C=O) groups excluding carboxylic acids is 1. The van der Waals surface area contributed by atoms with E-state index >= 15 is 0 Å². The highest BCUT2D eigenvalue weighted by Gasteiger charge is 2.22. The average Bonchev–Trinajstić information content (AvgIpc) is 3.28. The second-order valence-corrected chi connectivity index (χ2v) is 6.61. The minimum atomic E-state index is -0.178. The van der Waals surface area contributed by atoms with E-state index in [1.807, 2.05) is 42.1 Å². The van der Waals surface area contributed by atoms with E-state index in [0.29, 0.717) is 10.7 Å². The van der Waals surface area contributed by atoms with Crippen molar-refractivity contribution in [2.75, 3.05) is 11.9 Å². The highest BCUT2D eigenvalue weighted by Crippen LogP contribution is 2.32. The molecule has 1 atom stereocenters. The van der Waals surface area contributed by atoms with Gasteiger partial charge in [-0.2, -0.15) is 0 Å². The van der Waals surface area contributed by atoms with Crippen molar-refractivity contribution in [1.82, 2.24) is 14.8 Å². The number of anilines is 1. The maximum Gasteiger partial charge on any atom is 0.257 e. The lowest BCUT2D eigenvalue weighted by atomic mass is 10.1. The highest BCUT2D eigenvalue weighted by molar-refractivity contribution is 7.15. The second-order valence-electron chi connectivity index (χ2n) is 5.60. The van der Waals surface area contributed by atoms with E-state index in [2.05, 4.69) is 15.5 Å². The summed E-state index contributed by atoms with van der Waals surface area (Å²) in [5, 5.41) is 13.4. The molecule has 1 aliphatic rings. The predicted octanol–water partition coefficient (Wildman–Crippen LogP) is 3.13. The number of fused-ring (bicyclic) bond motifs is 1. The lowest BCUT2D eigenvalue weighted by molar-refractivity contribution is 0.102. The zero-order valence-corrected chi connectivity index (χ0v) is 13.5. The van der Waals surface area contributed by atoms with E-state index in [-0.39, 0.29) is 12.0 Å². The molecule has 0 spiro atoms. The van der Waals surface area contributed by atoms with Gasteiger partial charge in [-0.25, -0.2) is 0 Å². The molecule has 6 nitrogen and oxygen atoms in total. The molecule has 0 radical (unpaired) electrons. The summed E-state index contributed by atoms with van der Waals surface area (Å²) in [6.07, 6.45) is 4.01. The molecule has 3 aromatic rings. The lowest BCUT2D eigenvalue weighted by Crippen LogP contribution is -2.11. The molecule has 1 aliphatic heterocycles. The Balaban J connectivity index is 1.53. The topological polar surface area (TPSA) is 69.0 Å². The van der Waals surface area contributed by atoms with Crippen molar-refractivity contribution in [3.05, 3.63) is 41.0 Å². The molecule has 1 amide bonds. The van der Waals surface area contributed by atoms with Gasteiger partial charge in [-0.05, 0) is 36.4 Å². The SMILES string of the molecule is Cn1ccc2ccc(C(=O)Nc3nnc([C@H]4CCCO4)s3)cc21. The third-order valence-corrected chi connectivity index (χ3v) is 4.95. The van der Waals surface area contributed by atoms with E-state index in [1.165, 1.54) is 11.3 Å². The van der Waals surface area contributed by atoms with Crippen molar-refractivity contribution in [2.24, 2.45) is 7.05 Å². The molecule has 3 heterocycles. The number of benzene rings is 1. The summed E-state index contributed by atoms with van der Waals surface area (Å²) in [5.41, 5.74) is 1.63. The van der Waals surface area contributed by atoms with Gasteiger partial charge in [0.2, 0.25) is 5.13 Å². The van der Waals surface area contributed by atoms with Crippen LogP contribution in [0.2, 0.25) is 0 Å². The Morgan fingerprint density at radius 2 is 2.30 bits per heavy atom. The number of nitrogens with zero attached hydrogens (tertiary/aromatic N) is 3. The molecule has 0 aliphatic carbocycles. The van der Waals surface area contributed by atoms with Gasteiger partial charge in [0.05, 0.1) is 0 Å². The summed E-state index contributed by atoms with van der Waals surface area (Å²) < 4.78 is 7.58. The fourth-order valence-electron chi connectivity index (χ4n) is 2.76. The van der Waals surface area contributed by atoms with Crippen LogP contribution < -0.4 is 5.32 Å². The summed E-state index contributed by atoms with van der Waals surface area (Å²) >= 11 is 1.38. The van der Waals surface area contributed by atoms with Crippen LogP contribution in [-0.4, -0.2) is 27.3 Å². The summed E-state index contributed by atoms with van der Waals surface area (Å²) in [4.78, 5) is 12.4. The van der Waals surface area contributed by atoms with E-state index in [1.54, 1.807) is 0 Å². The van der Waals surface area contributed by atoms with Crippen LogP contribution in [0.25, 0.3) is 10.9 Å². The average molecular weight is 328 g/mol. The van der Waals surface area contributed by atoms with E-state index in [9.17, 15) is 4.79 Å². The summed E-state index contributed by atoms with van der Waals surface area (Å²) in [6, 6.07) is 7.67. The summed E-state index contributed by atoms with van der Waals surface area (Å²) in [6.45, 7) is 0.766. The fraction of sp³-hybridized carbons (Fsp3) is 0.312. The fourth-order valence-corrected chi connectivity index (χ4v) is 3.58. The van der Waals surface area contributed by atoms with Crippen LogP contribution >= 0.6 is 11.3 Å². The molecule has 0 saturated carbocycles. The Labute approximate surface area is 137 Å². The lowest BCUT2D eigenvalue weighted by Gasteiger charge is -2.03. The molecule has 118 valence electrons. The number of nitrogens with one attached hydrogen (secondary N) is 1. The summed E-state index contributed by atoms with van der Waals surface area (Å²) in [7, 11) is 1.96. The first kappa shape index (κ1) is 14.3. The quantitative estimate of drug-likeness (QED) is 0.802. The number of aryl methyl sites for hydroxylation is 1. The molecule has 1 saturated heterocycles. The molecular weight excluding hydrogens is 312 g/mol. The Hall–Kier alpha value is -2.25. The minimum Gasteiger partial charge on any atom is -0.371 e. The van der Waals surface area contributed by atoms with Crippen molar-refractivity contribution in [1.29, 1.82) is 0 Å². The molecule has 7 heteroatoms. The zero-order chi connectivity index (χ0) is 15.8. The Morgan fingerprint density at radius 1 is 1.39 bits per heavy atom. The molecule has 2 aromatic heterocycles. The Bertz CT molecular complexity index is 864. The first-order valence-corrected chi connectivity index (χ1v) is 8.34. The van der Waals surface area contributed by atoms with Gasteiger partial charge in [0.25, 0.3) is 5.91 Å². The maximum absolute atomic E-state index is 12.4. The maximum atomic E-state index is 12.4. The number of amides is 1. The van der Waals surface area contributed by atoms with Gasteiger partial charge in [-0.3, -0.25) is 10.1 Å². The van der Waals surface area contributed by atoms with Gasteiger partial charge in [-0.15, -0.1) is 10.2 Å². The number of hydrogen-bond acceptors (Lipinski definition) is 5. The van der Waals surface area contributed by atoms with Crippen LogP contribution in [0.1, 0.15) is 34.3 Å². The van der Waals surface area contributed by atoms with Crippen molar-refractivity contribution in [3.63, 3.8) is 0 Å². The third kappa shape index (κ3) is 2.73. The van der Waals surface area contributed by atoms with E-state index < -0.39 is 0 Å². The zero-order valence-electron chi connectivity index (χ0n) is 12.7. The van der Waals surface area contributed by atoms with Crippen molar-refractivity contribution >= 4 is 33.3 Å². The second kappa shape index (κ2) is 5.75. The van der Waals surface area contributed by atoms with Gasteiger partial charge in [-0.1, -0.05) is 17.4 Å². The van der Waals surface area contributed by atoms with Crippen LogP contribution in [0.4, 0.5) is 5.13 Å². The molecule has 1 aromatic carbocycles. The molecule has 1 N–H and O–H groups in total. The van der Waals surface area contributed by atoms with Crippen molar-refractivity contribution < 1.29 is 9.53 Å². The monoisotopic (exact) mass is 328 g/mol. The predicted molar refractivity (Wildman–Crippen MR) is 88.7 cm³/mol. The van der Waals surface area contributed by atoms with Gasteiger partial charge in [0.1, 0.15) is 11.1 Å². The number of aromatic nitrogens is 3. The van der Waals surface area contributed by atoms with Gasteiger partial charge in [0.15, 0.2) is 0 Å². The first-order valence-electron chi connectivity index (χ1n) is 7.52. The molecule has 0 bridgehead atoms. The van der Waals surface area contributed by atoms with E-state index in [4.69, 9.17) is 4.74 Å². The van der Waals surface area contributed by atoms with Crippen LogP contribution in [-0.2, 0) is 11.8 Å². The molecule has 0 unspecified atom stereocenters. The Morgan fingerprint density at radius 3 is 3.13 bits per heavy atom. The standard InChI is InChI=1S/C16H16N4O2S/c1-20-7-6-10-4-5-11(9-12(10)20)14(21)17-16-19-18-15(23-16)13-3-2-8-22-13/h4-7,9,13H,2-3,8H2,1H3,(H,17,19,21)/t13-/m1/s1. The van der Waals surface area contributed by atoms with Gasteiger partial charge in [0, 0.05) is 30.9 Å². The number of hydrogen-bond donors (Lipinski definition) is 1. The minimum absolute atomic E-state index is 0.0258.